The van der Waals surface area contributed by atoms with Crippen molar-refractivity contribution in [1.29, 1.82) is 0 Å². The number of carbonyl (C=O) groups is 1. The van der Waals surface area contributed by atoms with Crippen molar-refractivity contribution in [2.75, 3.05) is 13.1 Å². The molecular weight excluding hydrogens is 304 g/mol. The first-order valence-electron chi connectivity index (χ1n) is 7.91. The Kier molecular flexibility index (Phi) is 4.44. The maximum absolute atomic E-state index is 12.3. The quantitative estimate of drug-likeness (QED) is 0.855. The number of aromatic nitrogens is 1. The molecular formula is C19H22N2OS. The van der Waals surface area contributed by atoms with Crippen LogP contribution in [-0.2, 0) is 5.41 Å². The molecule has 1 aliphatic heterocycles. The lowest BCUT2D eigenvalue weighted by molar-refractivity contribution is 0.0658. The summed E-state index contributed by atoms with van der Waals surface area (Å²) in [5, 5.41) is 0.464. The Morgan fingerprint density at radius 3 is 2.48 bits per heavy atom. The summed E-state index contributed by atoms with van der Waals surface area (Å²) in [4.78, 5) is 19.6. The van der Waals surface area contributed by atoms with Gasteiger partial charge in [0.1, 0.15) is 5.69 Å². The number of hydrogen-bond donors (Lipinski definition) is 0. The second-order valence-electron chi connectivity index (χ2n) is 6.91. The molecule has 120 valence electrons. The van der Waals surface area contributed by atoms with Gasteiger partial charge in [0.25, 0.3) is 5.91 Å². The number of pyridine rings is 1. The number of rotatable bonds is 3. The van der Waals surface area contributed by atoms with E-state index in [-0.39, 0.29) is 11.3 Å². The van der Waals surface area contributed by atoms with Gasteiger partial charge in [-0.1, -0.05) is 45.0 Å². The highest BCUT2D eigenvalue weighted by Gasteiger charge is 2.33. The minimum Gasteiger partial charge on any atom is -0.335 e. The predicted octanol–water partition coefficient (Wildman–Crippen LogP) is 4.00. The molecule has 0 saturated carbocycles. The molecule has 0 bridgehead atoms. The highest BCUT2D eigenvalue weighted by atomic mass is 32.2. The number of carbonyl (C=O) groups excluding carboxylic acids is 1. The zero-order valence-corrected chi connectivity index (χ0v) is 14.6. The molecule has 1 aromatic heterocycles. The minimum absolute atomic E-state index is 0.0338. The third kappa shape index (κ3) is 3.58. The topological polar surface area (TPSA) is 33.2 Å². The molecule has 0 atom stereocenters. The van der Waals surface area contributed by atoms with Crippen molar-refractivity contribution in [2.45, 2.75) is 36.3 Å². The number of thioether (sulfide) groups is 1. The SMILES string of the molecule is CC(C)(C)c1ccccc1SC1CN(C(=O)c2ccccn2)C1. The maximum atomic E-state index is 12.3. The number of hydrogen-bond acceptors (Lipinski definition) is 3. The van der Waals surface area contributed by atoms with Gasteiger partial charge in [-0.2, -0.15) is 0 Å². The number of benzene rings is 1. The summed E-state index contributed by atoms with van der Waals surface area (Å²) in [7, 11) is 0. The van der Waals surface area contributed by atoms with Crippen molar-refractivity contribution >= 4 is 17.7 Å². The molecule has 3 rings (SSSR count). The van der Waals surface area contributed by atoms with E-state index in [1.54, 1.807) is 12.3 Å². The lowest BCUT2D eigenvalue weighted by Gasteiger charge is -2.39. The molecule has 23 heavy (non-hydrogen) atoms. The van der Waals surface area contributed by atoms with Crippen molar-refractivity contribution in [3.63, 3.8) is 0 Å². The van der Waals surface area contributed by atoms with Gasteiger partial charge in [0.05, 0.1) is 0 Å². The number of amides is 1. The van der Waals surface area contributed by atoms with Gasteiger partial charge in [0.2, 0.25) is 0 Å². The Bertz CT molecular complexity index is 688. The van der Waals surface area contributed by atoms with Crippen LogP contribution in [0.2, 0.25) is 0 Å². The number of nitrogens with zero attached hydrogens (tertiary/aromatic N) is 2. The fourth-order valence-electron chi connectivity index (χ4n) is 2.70. The first kappa shape index (κ1) is 16.1. The van der Waals surface area contributed by atoms with Crippen molar-refractivity contribution in [3.8, 4) is 0 Å². The van der Waals surface area contributed by atoms with E-state index in [4.69, 9.17) is 0 Å². The zero-order chi connectivity index (χ0) is 16.4. The van der Waals surface area contributed by atoms with E-state index in [0.29, 0.717) is 10.9 Å². The molecule has 1 fully saturated rings. The third-order valence-electron chi connectivity index (χ3n) is 4.01. The van der Waals surface area contributed by atoms with Crippen LogP contribution >= 0.6 is 11.8 Å². The normalized spacial score (nSPS) is 15.3. The summed E-state index contributed by atoms with van der Waals surface area (Å²) >= 11 is 1.89. The molecule has 2 aromatic rings. The molecule has 1 amide bonds. The molecule has 4 heteroatoms. The third-order valence-corrected chi connectivity index (χ3v) is 5.25. The molecule has 0 spiro atoms. The lowest BCUT2D eigenvalue weighted by Crippen LogP contribution is -2.52. The molecule has 0 unspecified atom stereocenters. The van der Waals surface area contributed by atoms with Gasteiger partial charge in [-0.25, -0.2) is 0 Å². The molecule has 1 aliphatic rings. The van der Waals surface area contributed by atoms with Crippen molar-refractivity contribution in [2.24, 2.45) is 0 Å². The smallest absolute Gasteiger partial charge is 0.272 e. The lowest BCUT2D eigenvalue weighted by atomic mass is 9.87. The Morgan fingerprint density at radius 2 is 1.83 bits per heavy atom. The molecule has 1 aromatic carbocycles. The minimum atomic E-state index is 0.0338. The molecule has 0 N–H and O–H groups in total. The summed E-state index contributed by atoms with van der Waals surface area (Å²) in [5.41, 5.74) is 2.04. The van der Waals surface area contributed by atoms with Crippen molar-refractivity contribution < 1.29 is 4.79 Å². The van der Waals surface area contributed by atoms with Crippen LogP contribution in [0.4, 0.5) is 0 Å². The van der Waals surface area contributed by atoms with Gasteiger partial charge in [-0.15, -0.1) is 11.8 Å². The van der Waals surface area contributed by atoms with Crippen LogP contribution in [0.5, 0.6) is 0 Å². The average Bonchev–Trinajstić information content (AvgIpc) is 2.50. The largest absolute Gasteiger partial charge is 0.335 e. The zero-order valence-electron chi connectivity index (χ0n) is 13.8. The van der Waals surface area contributed by atoms with Crippen molar-refractivity contribution in [1.82, 2.24) is 9.88 Å². The van der Waals surface area contributed by atoms with Gasteiger partial charge in [0, 0.05) is 29.4 Å². The van der Waals surface area contributed by atoms with Gasteiger partial charge < -0.3 is 4.90 Å². The van der Waals surface area contributed by atoms with Crippen LogP contribution in [0.1, 0.15) is 36.8 Å². The first-order chi connectivity index (χ1) is 10.9. The summed E-state index contributed by atoms with van der Waals surface area (Å²) in [5.74, 6) is 0.0338. The highest BCUT2D eigenvalue weighted by molar-refractivity contribution is 8.00. The maximum Gasteiger partial charge on any atom is 0.272 e. The monoisotopic (exact) mass is 326 g/mol. The fraction of sp³-hybridized carbons (Fsp3) is 0.368. The second-order valence-corrected chi connectivity index (χ2v) is 8.25. The molecule has 2 heterocycles. The van der Waals surface area contributed by atoms with Crippen LogP contribution in [0.3, 0.4) is 0 Å². The Labute approximate surface area is 142 Å². The van der Waals surface area contributed by atoms with E-state index >= 15 is 0 Å². The van der Waals surface area contributed by atoms with E-state index in [0.717, 1.165) is 13.1 Å². The second kappa shape index (κ2) is 6.36. The summed E-state index contributed by atoms with van der Waals surface area (Å²) < 4.78 is 0. The van der Waals surface area contributed by atoms with Crippen LogP contribution < -0.4 is 0 Å². The Balaban J connectivity index is 1.62. The van der Waals surface area contributed by atoms with E-state index in [2.05, 4.69) is 50.0 Å². The van der Waals surface area contributed by atoms with E-state index in [9.17, 15) is 4.79 Å². The van der Waals surface area contributed by atoms with E-state index < -0.39 is 0 Å². The van der Waals surface area contributed by atoms with Gasteiger partial charge >= 0.3 is 0 Å². The van der Waals surface area contributed by atoms with E-state index in [1.807, 2.05) is 28.8 Å². The van der Waals surface area contributed by atoms with Crippen LogP contribution in [0.15, 0.2) is 53.6 Å². The Morgan fingerprint density at radius 1 is 1.13 bits per heavy atom. The highest BCUT2D eigenvalue weighted by Crippen LogP contribution is 2.37. The predicted molar refractivity (Wildman–Crippen MR) is 94.9 cm³/mol. The standard InChI is InChI=1S/C19H22N2OS/c1-19(2,3)15-8-4-5-10-17(15)23-14-12-21(13-14)18(22)16-9-6-7-11-20-16/h4-11,14H,12-13H2,1-3H3. The molecule has 1 saturated heterocycles. The molecule has 0 aliphatic carbocycles. The van der Waals surface area contributed by atoms with Crippen molar-refractivity contribution in [3.05, 3.63) is 59.9 Å². The first-order valence-corrected chi connectivity index (χ1v) is 8.79. The van der Waals surface area contributed by atoms with Crippen LogP contribution in [0.25, 0.3) is 0 Å². The van der Waals surface area contributed by atoms with Gasteiger partial charge in [-0.05, 0) is 29.2 Å². The van der Waals surface area contributed by atoms with Crippen LogP contribution in [0, 0.1) is 0 Å². The number of likely N-dealkylation sites (tertiary alicyclic amines) is 1. The average molecular weight is 326 g/mol. The van der Waals surface area contributed by atoms with Gasteiger partial charge in [0.15, 0.2) is 0 Å². The van der Waals surface area contributed by atoms with Gasteiger partial charge in [-0.3, -0.25) is 9.78 Å². The summed E-state index contributed by atoms with van der Waals surface area (Å²) in [6.07, 6.45) is 1.67. The fourth-order valence-corrected chi connectivity index (χ4v) is 4.22. The summed E-state index contributed by atoms with van der Waals surface area (Å²) in [6.45, 7) is 8.30. The Hall–Kier alpha value is -1.81. The molecule has 0 radical (unpaired) electrons. The molecule has 3 nitrogen and oxygen atoms in total. The van der Waals surface area contributed by atoms with E-state index in [1.165, 1.54) is 10.5 Å². The summed E-state index contributed by atoms with van der Waals surface area (Å²) in [6, 6.07) is 14.0. The van der Waals surface area contributed by atoms with Crippen LogP contribution in [-0.4, -0.2) is 34.1 Å².